The van der Waals surface area contributed by atoms with Gasteiger partial charge in [0.15, 0.2) is 0 Å². The van der Waals surface area contributed by atoms with Gasteiger partial charge in [-0.25, -0.2) is 0 Å². The van der Waals surface area contributed by atoms with Crippen LogP contribution < -0.4 is 0 Å². The summed E-state index contributed by atoms with van der Waals surface area (Å²) in [4.78, 5) is 0. The summed E-state index contributed by atoms with van der Waals surface area (Å²) in [6.45, 7) is 2.17. The summed E-state index contributed by atoms with van der Waals surface area (Å²) < 4.78 is 16.0. The van der Waals surface area contributed by atoms with Gasteiger partial charge >= 0.3 is 8.80 Å². The van der Waals surface area contributed by atoms with Gasteiger partial charge in [-0.3, -0.25) is 0 Å². The zero-order chi connectivity index (χ0) is 11.0. The fourth-order valence-electron chi connectivity index (χ4n) is 1.45. The molecule has 0 aliphatic rings. The van der Waals surface area contributed by atoms with Crippen LogP contribution in [-0.4, -0.2) is 36.0 Å². The Kier molecular flexibility index (Phi) is 7.86. The number of halogens is 1. The third kappa shape index (κ3) is 4.75. The maximum atomic E-state index is 5.64. The van der Waals surface area contributed by atoms with Gasteiger partial charge in [0.2, 0.25) is 0 Å². The van der Waals surface area contributed by atoms with Crippen LogP contribution in [0, 0.1) is 5.92 Å². The minimum absolute atomic E-state index is 0.528. The molecule has 1 atom stereocenters. The molecule has 0 fully saturated rings. The van der Waals surface area contributed by atoms with Gasteiger partial charge in [0, 0.05) is 33.3 Å². The first kappa shape index (κ1) is 14.4. The zero-order valence-electron chi connectivity index (χ0n) is 9.51. The van der Waals surface area contributed by atoms with Crippen LogP contribution >= 0.6 is 11.6 Å². The molecular formula is C9H21ClO3Si. The van der Waals surface area contributed by atoms with Crippen molar-refractivity contribution < 1.29 is 13.3 Å². The van der Waals surface area contributed by atoms with E-state index >= 15 is 0 Å². The molecule has 0 rings (SSSR count). The molecule has 0 aromatic carbocycles. The summed E-state index contributed by atoms with van der Waals surface area (Å²) >= 11 is 5.64. The molecule has 5 heteroatoms. The molecule has 1 unspecified atom stereocenters. The highest BCUT2D eigenvalue weighted by atomic mass is 35.5. The molecule has 0 aliphatic carbocycles. The third-order valence-electron chi connectivity index (χ3n) is 2.36. The van der Waals surface area contributed by atoms with E-state index in [0.717, 1.165) is 18.9 Å². The van der Waals surface area contributed by atoms with E-state index in [9.17, 15) is 0 Å². The second-order valence-corrected chi connectivity index (χ2v) is 6.81. The van der Waals surface area contributed by atoms with Crippen molar-refractivity contribution in [3.8, 4) is 0 Å². The normalized spacial score (nSPS) is 14.4. The van der Waals surface area contributed by atoms with Gasteiger partial charge in [0.1, 0.15) is 0 Å². The van der Waals surface area contributed by atoms with E-state index in [1.165, 1.54) is 0 Å². The highest BCUT2D eigenvalue weighted by molar-refractivity contribution is 6.60. The molecule has 3 nitrogen and oxygen atoms in total. The second-order valence-electron chi connectivity index (χ2n) is 3.44. The maximum Gasteiger partial charge on any atom is 0.500 e. The van der Waals surface area contributed by atoms with Crippen LogP contribution in [-0.2, 0) is 13.3 Å². The second kappa shape index (κ2) is 7.65. The number of rotatable bonds is 8. The molecule has 0 aromatic heterocycles. The minimum atomic E-state index is -2.37. The average Bonchev–Trinajstić information content (AvgIpc) is 2.23. The van der Waals surface area contributed by atoms with Crippen LogP contribution in [0.25, 0.3) is 0 Å². The molecule has 0 aliphatic heterocycles. The Morgan fingerprint density at radius 1 is 1.14 bits per heavy atom. The van der Waals surface area contributed by atoms with Crippen LogP contribution in [0.3, 0.4) is 0 Å². The van der Waals surface area contributed by atoms with Gasteiger partial charge in [-0.1, -0.05) is 6.92 Å². The monoisotopic (exact) mass is 240 g/mol. The molecule has 0 N–H and O–H groups in total. The largest absolute Gasteiger partial charge is 0.500 e. The molecule has 0 heterocycles. The van der Waals surface area contributed by atoms with E-state index in [1.54, 1.807) is 21.3 Å². The minimum Gasteiger partial charge on any atom is -0.377 e. The Balaban J connectivity index is 4.01. The van der Waals surface area contributed by atoms with Crippen LogP contribution in [0.4, 0.5) is 0 Å². The van der Waals surface area contributed by atoms with E-state index in [4.69, 9.17) is 24.9 Å². The molecule has 0 aromatic rings. The molecule has 0 bridgehead atoms. The quantitative estimate of drug-likeness (QED) is 0.482. The summed E-state index contributed by atoms with van der Waals surface area (Å²) in [5, 5.41) is 0. The van der Waals surface area contributed by atoms with E-state index in [-0.39, 0.29) is 0 Å². The van der Waals surface area contributed by atoms with Crippen molar-refractivity contribution >= 4 is 20.4 Å². The van der Waals surface area contributed by atoms with Crippen LogP contribution in [0.2, 0.25) is 6.04 Å². The van der Waals surface area contributed by atoms with Crippen molar-refractivity contribution in [2.75, 3.05) is 27.2 Å². The predicted molar refractivity (Wildman–Crippen MR) is 60.7 cm³/mol. The molecule has 0 spiro atoms. The summed E-state index contributed by atoms with van der Waals surface area (Å²) in [6.07, 6.45) is 2.12. The first-order valence-corrected chi connectivity index (χ1v) is 7.32. The van der Waals surface area contributed by atoms with Crippen molar-refractivity contribution in [1.29, 1.82) is 0 Å². The lowest BCUT2D eigenvalue weighted by molar-refractivity contribution is 0.118. The standard InChI is InChI=1S/C9H21ClO3Si/c1-9(6-5-7-10)8-14(11-2,12-3)13-4/h9H,5-8H2,1-4H3. The Bertz CT molecular complexity index is 134. The summed E-state index contributed by atoms with van der Waals surface area (Å²) in [7, 11) is 2.57. The van der Waals surface area contributed by atoms with Crippen LogP contribution in [0.15, 0.2) is 0 Å². The van der Waals surface area contributed by atoms with Gasteiger partial charge < -0.3 is 13.3 Å². The van der Waals surface area contributed by atoms with Crippen LogP contribution in [0.5, 0.6) is 0 Å². The fourth-order valence-corrected chi connectivity index (χ4v) is 3.67. The summed E-state index contributed by atoms with van der Waals surface area (Å²) in [5.74, 6) is 1.24. The zero-order valence-corrected chi connectivity index (χ0v) is 11.3. The van der Waals surface area contributed by atoms with Gasteiger partial charge in [-0.05, 0) is 18.8 Å². The Morgan fingerprint density at radius 3 is 2.00 bits per heavy atom. The lowest BCUT2D eigenvalue weighted by Crippen LogP contribution is -2.44. The Labute approximate surface area is 93.1 Å². The van der Waals surface area contributed by atoms with Gasteiger partial charge in [-0.2, -0.15) is 0 Å². The molecule has 86 valence electrons. The topological polar surface area (TPSA) is 27.7 Å². The lowest BCUT2D eigenvalue weighted by atomic mass is 10.1. The SMILES string of the molecule is CO[Si](CC(C)CCCCl)(OC)OC. The number of alkyl halides is 1. The molecule has 0 saturated carbocycles. The Morgan fingerprint density at radius 2 is 1.64 bits per heavy atom. The highest BCUT2D eigenvalue weighted by Crippen LogP contribution is 2.22. The van der Waals surface area contributed by atoms with E-state index in [2.05, 4.69) is 6.92 Å². The van der Waals surface area contributed by atoms with Crippen molar-refractivity contribution in [3.63, 3.8) is 0 Å². The number of hydrogen-bond donors (Lipinski definition) is 0. The van der Waals surface area contributed by atoms with Crippen molar-refractivity contribution in [3.05, 3.63) is 0 Å². The molecule has 0 radical (unpaired) electrons. The first-order valence-electron chi connectivity index (χ1n) is 4.85. The van der Waals surface area contributed by atoms with E-state index < -0.39 is 8.80 Å². The third-order valence-corrected chi connectivity index (χ3v) is 5.69. The van der Waals surface area contributed by atoms with Gasteiger partial charge in [-0.15, -0.1) is 11.6 Å². The molecule has 0 saturated heterocycles. The summed E-state index contributed by atoms with van der Waals surface area (Å²) in [6, 6.07) is 0.855. The fraction of sp³-hybridized carbons (Fsp3) is 1.00. The molecule has 14 heavy (non-hydrogen) atoms. The highest BCUT2D eigenvalue weighted by Gasteiger charge is 2.39. The predicted octanol–water partition coefficient (Wildman–Crippen LogP) is 2.52. The van der Waals surface area contributed by atoms with Crippen molar-refractivity contribution in [2.24, 2.45) is 5.92 Å². The smallest absolute Gasteiger partial charge is 0.377 e. The lowest BCUT2D eigenvalue weighted by Gasteiger charge is -2.27. The van der Waals surface area contributed by atoms with E-state index in [0.29, 0.717) is 11.8 Å². The van der Waals surface area contributed by atoms with Gasteiger partial charge in [0.25, 0.3) is 0 Å². The van der Waals surface area contributed by atoms with Gasteiger partial charge in [0.05, 0.1) is 0 Å². The first-order chi connectivity index (χ1) is 6.64. The van der Waals surface area contributed by atoms with Crippen LogP contribution in [0.1, 0.15) is 19.8 Å². The molecular weight excluding hydrogens is 220 g/mol. The van der Waals surface area contributed by atoms with Crippen molar-refractivity contribution in [1.82, 2.24) is 0 Å². The van der Waals surface area contributed by atoms with Crippen molar-refractivity contribution in [2.45, 2.75) is 25.8 Å². The van der Waals surface area contributed by atoms with E-state index in [1.807, 2.05) is 0 Å². The number of hydrogen-bond acceptors (Lipinski definition) is 3. The Hall–Kier alpha value is 0.387. The molecule has 0 amide bonds. The maximum absolute atomic E-state index is 5.64. The average molecular weight is 241 g/mol. The summed E-state index contributed by atoms with van der Waals surface area (Å²) in [5.41, 5.74) is 0.